The number of ether oxygens (including phenoxy) is 1. The van der Waals surface area contributed by atoms with Gasteiger partial charge in [-0.1, -0.05) is 27.7 Å². The van der Waals surface area contributed by atoms with Gasteiger partial charge in [0.1, 0.15) is 5.76 Å². The molecule has 0 aromatic rings. The maximum absolute atomic E-state index is 11.7. The largest absolute Gasteiger partial charge is 0.483 e. The molecule has 1 aliphatic rings. The van der Waals surface area contributed by atoms with Crippen molar-refractivity contribution in [3.8, 4) is 0 Å². The van der Waals surface area contributed by atoms with Gasteiger partial charge in [0.15, 0.2) is 5.60 Å². The zero-order valence-electron chi connectivity index (χ0n) is 12.6. The van der Waals surface area contributed by atoms with E-state index in [1.165, 1.54) is 0 Å². The van der Waals surface area contributed by atoms with Gasteiger partial charge in [0.05, 0.1) is 6.54 Å². The molecule has 1 aliphatic heterocycles. The number of rotatable bonds is 6. The average Bonchev–Trinajstić information content (AvgIpc) is 2.37. The van der Waals surface area contributed by atoms with Gasteiger partial charge in [-0.15, -0.1) is 0 Å². The summed E-state index contributed by atoms with van der Waals surface area (Å²) in [6, 6.07) is 0. The second-order valence-corrected chi connectivity index (χ2v) is 6.57. The lowest BCUT2D eigenvalue weighted by Gasteiger charge is -2.27. The molecule has 18 heavy (non-hydrogen) atoms. The first-order valence-corrected chi connectivity index (χ1v) is 6.87. The van der Waals surface area contributed by atoms with Crippen LogP contribution in [-0.4, -0.2) is 35.9 Å². The van der Waals surface area contributed by atoms with Crippen molar-refractivity contribution in [3.63, 3.8) is 0 Å². The first kappa shape index (κ1) is 15.2. The highest BCUT2D eigenvalue weighted by atomic mass is 16.5. The Balaban J connectivity index is 2.62. The van der Waals surface area contributed by atoms with Crippen LogP contribution in [0.25, 0.3) is 0 Å². The van der Waals surface area contributed by atoms with Crippen molar-refractivity contribution in [3.05, 3.63) is 11.8 Å². The summed E-state index contributed by atoms with van der Waals surface area (Å²) in [6.45, 7) is 15.3. The third-order valence-electron chi connectivity index (χ3n) is 2.90. The van der Waals surface area contributed by atoms with E-state index in [1.807, 2.05) is 13.8 Å². The second-order valence-electron chi connectivity index (χ2n) is 6.57. The summed E-state index contributed by atoms with van der Waals surface area (Å²) in [5.41, 5.74) is -0.670. The molecular weight excluding hydrogens is 226 g/mol. The van der Waals surface area contributed by atoms with Crippen molar-refractivity contribution < 1.29 is 9.53 Å². The Kier molecular flexibility index (Phi) is 4.97. The highest BCUT2D eigenvalue weighted by Crippen LogP contribution is 2.25. The van der Waals surface area contributed by atoms with Crippen molar-refractivity contribution in [1.82, 2.24) is 4.90 Å². The van der Waals surface area contributed by atoms with E-state index in [-0.39, 0.29) is 5.78 Å². The van der Waals surface area contributed by atoms with Crippen LogP contribution in [0.15, 0.2) is 11.8 Å². The van der Waals surface area contributed by atoms with Crippen LogP contribution >= 0.6 is 0 Å². The molecule has 0 radical (unpaired) electrons. The number of ketones is 1. The van der Waals surface area contributed by atoms with Gasteiger partial charge >= 0.3 is 0 Å². The second kappa shape index (κ2) is 5.87. The standard InChI is InChI=1S/C15H27NO2/c1-11(2)8-16(9-12(3)4)10-13-7-14(17)15(5,6)18-13/h7,11-12H,8-10H2,1-6H3. The molecule has 0 fully saturated rings. The summed E-state index contributed by atoms with van der Waals surface area (Å²) < 4.78 is 5.72. The Hall–Kier alpha value is -0.830. The molecule has 0 N–H and O–H groups in total. The predicted molar refractivity (Wildman–Crippen MR) is 74.4 cm³/mol. The quantitative estimate of drug-likeness (QED) is 0.729. The molecule has 1 rings (SSSR count). The van der Waals surface area contributed by atoms with Gasteiger partial charge in [-0.3, -0.25) is 9.69 Å². The molecule has 0 aromatic heterocycles. The topological polar surface area (TPSA) is 29.5 Å². The molecule has 0 saturated heterocycles. The highest BCUT2D eigenvalue weighted by Gasteiger charge is 2.35. The summed E-state index contributed by atoms with van der Waals surface area (Å²) in [4.78, 5) is 14.1. The Morgan fingerprint density at radius 2 is 1.67 bits per heavy atom. The van der Waals surface area contributed by atoms with Gasteiger partial charge in [-0.05, 0) is 25.7 Å². The minimum Gasteiger partial charge on any atom is -0.483 e. The van der Waals surface area contributed by atoms with Crippen LogP contribution in [0.2, 0.25) is 0 Å². The van der Waals surface area contributed by atoms with E-state index in [0.29, 0.717) is 11.8 Å². The molecule has 0 aliphatic carbocycles. The molecule has 0 unspecified atom stereocenters. The maximum Gasteiger partial charge on any atom is 0.201 e. The third-order valence-corrected chi connectivity index (χ3v) is 2.90. The van der Waals surface area contributed by atoms with Crippen molar-refractivity contribution in [2.75, 3.05) is 19.6 Å². The first-order chi connectivity index (χ1) is 8.20. The van der Waals surface area contributed by atoms with Crippen LogP contribution in [0, 0.1) is 11.8 Å². The Morgan fingerprint density at radius 1 is 1.17 bits per heavy atom. The lowest BCUT2D eigenvalue weighted by Crippen LogP contribution is -2.34. The van der Waals surface area contributed by atoms with Crippen molar-refractivity contribution in [2.45, 2.75) is 47.1 Å². The Bertz CT molecular complexity index is 319. The number of hydrogen-bond acceptors (Lipinski definition) is 3. The summed E-state index contributed by atoms with van der Waals surface area (Å²) >= 11 is 0. The van der Waals surface area contributed by atoms with E-state index < -0.39 is 5.60 Å². The van der Waals surface area contributed by atoms with Crippen LogP contribution < -0.4 is 0 Å². The number of carbonyl (C=O) groups excluding carboxylic acids is 1. The summed E-state index contributed by atoms with van der Waals surface area (Å²) in [7, 11) is 0. The van der Waals surface area contributed by atoms with Crippen molar-refractivity contribution in [1.29, 1.82) is 0 Å². The number of nitrogens with zero attached hydrogens (tertiary/aromatic N) is 1. The lowest BCUT2D eigenvalue weighted by atomic mass is 10.1. The Morgan fingerprint density at radius 3 is 2.00 bits per heavy atom. The van der Waals surface area contributed by atoms with Crippen LogP contribution in [-0.2, 0) is 9.53 Å². The molecule has 0 spiro atoms. The average molecular weight is 253 g/mol. The molecule has 3 heteroatoms. The van der Waals surface area contributed by atoms with E-state index in [0.717, 1.165) is 25.4 Å². The number of carbonyl (C=O) groups is 1. The zero-order chi connectivity index (χ0) is 13.9. The van der Waals surface area contributed by atoms with Crippen LogP contribution in [0.1, 0.15) is 41.5 Å². The van der Waals surface area contributed by atoms with Gasteiger partial charge in [0.2, 0.25) is 5.78 Å². The molecule has 0 bridgehead atoms. The SMILES string of the molecule is CC(C)CN(CC1=CC(=O)C(C)(C)O1)CC(C)C. The summed E-state index contributed by atoms with van der Waals surface area (Å²) in [5, 5.41) is 0. The molecular formula is C15H27NO2. The lowest BCUT2D eigenvalue weighted by molar-refractivity contribution is -0.127. The minimum atomic E-state index is -0.670. The zero-order valence-corrected chi connectivity index (χ0v) is 12.6. The van der Waals surface area contributed by atoms with Gasteiger partial charge in [0, 0.05) is 19.2 Å². The van der Waals surface area contributed by atoms with Crippen molar-refractivity contribution >= 4 is 5.78 Å². The fraction of sp³-hybridized carbons (Fsp3) is 0.800. The summed E-state index contributed by atoms with van der Waals surface area (Å²) in [5.74, 6) is 2.13. The van der Waals surface area contributed by atoms with Gasteiger partial charge in [0.25, 0.3) is 0 Å². The summed E-state index contributed by atoms with van der Waals surface area (Å²) in [6.07, 6.45) is 1.66. The fourth-order valence-electron chi connectivity index (χ4n) is 2.26. The molecule has 0 aromatic carbocycles. The molecule has 104 valence electrons. The molecule has 3 nitrogen and oxygen atoms in total. The first-order valence-electron chi connectivity index (χ1n) is 6.87. The van der Waals surface area contributed by atoms with E-state index in [9.17, 15) is 4.79 Å². The molecule has 0 saturated carbocycles. The van der Waals surface area contributed by atoms with Crippen LogP contribution in [0.4, 0.5) is 0 Å². The van der Waals surface area contributed by atoms with E-state index in [1.54, 1.807) is 6.08 Å². The van der Waals surface area contributed by atoms with Gasteiger partial charge in [-0.2, -0.15) is 0 Å². The molecule has 0 atom stereocenters. The monoisotopic (exact) mass is 253 g/mol. The highest BCUT2D eigenvalue weighted by molar-refractivity contribution is 5.98. The van der Waals surface area contributed by atoms with Crippen LogP contribution in [0.5, 0.6) is 0 Å². The smallest absolute Gasteiger partial charge is 0.201 e. The number of hydrogen-bond donors (Lipinski definition) is 0. The van der Waals surface area contributed by atoms with Gasteiger partial charge < -0.3 is 4.74 Å². The van der Waals surface area contributed by atoms with E-state index in [4.69, 9.17) is 4.74 Å². The Labute approximate surface area is 111 Å². The normalized spacial score (nSPS) is 18.7. The predicted octanol–water partition coefficient (Wildman–Crippen LogP) is 2.86. The van der Waals surface area contributed by atoms with E-state index in [2.05, 4.69) is 32.6 Å². The van der Waals surface area contributed by atoms with Gasteiger partial charge in [-0.25, -0.2) is 0 Å². The third kappa shape index (κ3) is 4.45. The molecule has 1 heterocycles. The van der Waals surface area contributed by atoms with Crippen LogP contribution in [0.3, 0.4) is 0 Å². The molecule has 0 amide bonds. The van der Waals surface area contributed by atoms with E-state index >= 15 is 0 Å². The minimum absolute atomic E-state index is 0.0755. The van der Waals surface area contributed by atoms with Crippen molar-refractivity contribution in [2.24, 2.45) is 11.8 Å². The fourth-order valence-corrected chi connectivity index (χ4v) is 2.26. The maximum atomic E-state index is 11.7.